The molecule has 1 saturated carbocycles. The molecular formula is C12H12F2O2. The Morgan fingerprint density at radius 3 is 2.56 bits per heavy atom. The van der Waals surface area contributed by atoms with Gasteiger partial charge in [-0.05, 0) is 31.4 Å². The van der Waals surface area contributed by atoms with Gasteiger partial charge in [-0.3, -0.25) is 4.79 Å². The molecule has 0 spiro atoms. The van der Waals surface area contributed by atoms with Gasteiger partial charge in [-0.2, -0.15) is 0 Å². The zero-order valence-electron chi connectivity index (χ0n) is 8.84. The van der Waals surface area contributed by atoms with Crippen molar-refractivity contribution in [3.63, 3.8) is 0 Å². The SMILES string of the molecule is CC(F)c1c(F)cccc1C1(C(=O)O)CC1. The third-order valence-electron chi connectivity index (χ3n) is 3.13. The molecule has 1 aliphatic carbocycles. The van der Waals surface area contributed by atoms with Crippen molar-refractivity contribution in [1.29, 1.82) is 0 Å². The first-order chi connectivity index (χ1) is 7.49. The van der Waals surface area contributed by atoms with Gasteiger partial charge in [0.25, 0.3) is 0 Å². The van der Waals surface area contributed by atoms with Crippen molar-refractivity contribution in [2.45, 2.75) is 31.4 Å². The summed E-state index contributed by atoms with van der Waals surface area (Å²) in [6.45, 7) is 1.22. The minimum atomic E-state index is -1.49. The molecule has 0 radical (unpaired) electrons. The molecule has 0 saturated heterocycles. The fourth-order valence-corrected chi connectivity index (χ4v) is 2.08. The Balaban J connectivity index is 2.57. The van der Waals surface area contributed by atoms with Gasteiger partial charge in [0, 0.05) is 5.56 Å². The van der Waals surface area contributed by atoms with Gasteiger partial charge in [0.2, 0.25) is 0 Å². The summed E-state index contributed by atoms with van der Waals surface area (Å²) < 4.78 is 26.8. The van der Waals surface area contributed by atoms with Crippen LogP contribution in [0.25, 0.3) is 0 Å². The lowest BCUT2D eigenvalue weighted by molar-refractivity contribution is -0.140. The van der Waals surface area contributed by atoms with Crippen LogP contribution in [0.3, 0.4) is 0 Å². The molecule has 0 aromatic heterocycles. The number of hydrogen-bond acceptors (Lipinski definition) is 1. The largest absolute Gasteiger partial charge is 0.481 e. The average molecular weight is 226 g/mol. The van der Waals surface area contributed by atoms with Crippen LogP contribution < -0.4 is 0 Å². The van der Waals surface area contributed by atoms with Crippen molar-refractivity contribution in [3.8, 4) is 0 Å². The number of aliphatic carboxylic acids is 1. The maximum absolute atomic E-state index is 13.5. The van der Waals surface area contributed by atoms with Gasteiger partial charge in [-0.25, -0.2) is 8.78 Å². The molecule has 1 aromatic rings. The van der Waals surface area contributed by atoms with Gasteiger partial charge >= 0.3 is 5.97 Å². The third-order valence-corrected chi connectivity index (χ3v) is 3.13. The lowest BCUT2D eigenvalue weighted by atomic mass is 9.89. The van der Waals surface area contributed by atoms with Crippen LogP contribution >= 0.6 is 0 Å². The van der Waals surface area contributed by atoms with Gasteiger partial charge in [0.15, 0.2) is 0 Å². The van der Waals surface area contributed by atoms with Crippen LogP contribution in [0.5, 0.6) is 0 Å². The average Bonchev–Trinajstić information content (AvgIpc) is 2.97. The molecular weight excluding hydrogens is 214 g/mol. The van der Waals surface area contributed by atoms with E-state index in [0.29, 0.717) is 12.8 Å². The lowest BCUT2D eigenvalue weighted by Crippen LogP contribution is -2.22. The molecule has 0 aliphatic heterocycles. The molecule has 1 atom stereocenters. The maximum atomic E-state index is 13.5. The normalized spacial score (nSPS) is 19.2. The minimum Gasteiger partial charge on any atom is -0.481 e. The molecule has 1 unspecified atom stereocenters. The van der Waals surface area contributed by atoms with Crippen molar-refractivity contribution in [1.82, 2.24) is 0 Å². The van der Waals surface area contributed by atoms with Crippen LogP contribution in [0.2, 0.25) is 0 Å². The van der Waals surface area contributed by atoms with Crippen LogP contribution in [0.4, 0.5) is 8.78 Å². The molecule has 1 aromatic carbocycles. The van der Waals surface area contributed by atoms with Crippen molar-refractivity contribution in [3.05, 3.63) is 35.1 Å². The van der Waals surface area contributed by atoms with E-state index in [1.54, 1.807) is 0 Å². The smallest absolute Gasteiger partial charge is 0.314 e. The van der Waals surface area contributed by atoms with Crippen LogP contribution in [-0.4, -0.2) is 11.1 Å². The summed E-state index contributed by atoms with van der Waals surface area (Å²) in [5, 5.41) is 9.11. The molecule has 2 rings (SSSR count). The Hall–Kier alpha value is -1.45. The molecule has 1 N–H and O–H groups in total. The Morgan fingerprint density at radius 1 is 1.50 bits per heavy atom. The molecule has 0 heterocycles. The standard InChI is InChI=1S/C12H12F2O2/c1-7(13)10-8(3-2-4-9(10)14)12(5-6-12)11(15)16/h2-4,7H,5-6H2,1H3,(H,15,16). The number of hydrogen-bond donors (Lipinski definition) is 1. The summed E-state index contributed by atoms with van der Waals surface area (Å²) in [6.07, 6.45) is -0.593. The van der Waals surface area contributed by atoms with Crippen molar-refractivity contribution in [2.75, 3.05) is 0 Å². The summed E-state index contributed by atoms with van der Waals surface area (Å²) in [5.74, 6) is -1.67. The second kappa shape index (κ2) is 3.54. The Kier molecular flexibility index (Phi) is 2.45. The molecule has 16 heavy (non-hydrogen) atoms. The molecule has 4 heteroatoms. The fourth-order valence-electron chi connectivity index (χ4n) is 2.08. The van der Waals surface area contributed by atoms with Crippen LogP contribution in [0, 0.1) is 5.82 Å². The van der Waals surface area contributed by atoms with E-state index < -0.39 is 23.4 Å². The minimum absolute atomic E-state index is 0.109. The molecule has 0 bridgehead atoms. The number of rotatable bonds is 3. The van der Waals surface area contributed by atoms with E-state index in [1.165, 1.54) is 19.1 Å². The van der Waals surface area contributed by atoms with Gasteiger partial charge in [-0.1, -0.05) is 12.1 Å². The second-order valence-electron chi connectivity index (χ2n) is 4.20. The number of halogens is 2. The van der Waals surface area contributed by atoms with Crippen molar-refractivity contribution >= 4 is 5.97 Å². The first-order valence-corrected chi connectivity index (χ1v) is 5.15. The summed E-state index contributed by atoms with van der Waals surface area (Å²) >= 11 is 0. The zero-order chi connectivity index (χ0) is 11.9. The van der Waals surface area contributed by atoms with Crippen LogP contribution in [-0.2, 0) is 10.2 Å². The van der Waals surface area contributed by atoms with E-state index in [2.05, 4.69) is 0 Å². The highest BCUT2D eigenvalue weighted by atomic mass is 19.1. The lowest BCUT2D eigenvalue weighted by Gasteiger charge is -2.17. The van der Waals surface area contributed by atoms with E-state index in [4.69, 9.17) is 5.11 Å². The molecule has 86 valence electrons. The van der Waals surface area contributed by atoms with Crippen LogP contribution in [0.15, 0.2) is 18.2 Å². The highest BCUT2D eigenvalue weighted by Gasteiger charge is 2.53. The van der Waals surface area contributed by atoms with Gasteiger partial charge in [0.05, 0.1) is 5.41 Å². The van der Waals surface area contributed by atoms with Gasteiger partial charge in [0.1, 0.15) is 12.0 Å². The monoisotopic (exact) mass is 226 g/mol. The summed E-state index contributed by atoms with van der Waals surface area (Å²) in [5.41, 5.74) is -0.880. The van der Waals surface area contributed by atoms with E-state index >= 15 is 0 Å². The maximum Gasteiger partial charge on any atom is 0.314 e. The predicted octanol–water partition coefficient (Wildman–Crippen LogP) is 2.97. The first-order valence-electron chi connectivity index (χ1n) is 5.15. The zero-order valence-corrected chi connectivity index (χ0v) is 8.84. The number of benzene rings is 1. The van der Waals surface area contributed by atoms with Crippen molar-refractivity contribution < 1.29 is 18.7 Å². The molecule has 0 amide bonds. The van der Waals surface area contributed by atoms with Gasteiger partial charge < -0.3 is 5.11 Å². The summed E-state index contributed by atoms with van der Waals surface area (Å²) in [7, 11) is 0. The highest BCUT2D eigenvalue weighted by Crippen LogP contribution is 2.51. The van der Waals surface area contributed by atoms with Crippen molar-refractivity contribution in [2.24, 2.45) is 0 Å². The Morgan fingerprint density at radius 2 is 2.12 bits per heavy atom. The highest BCUT2D eigenvalue weighted by molar-refractivity contribution is 5.85. The second-order valence-corrected chi connectivity index (χ2v) is 4.20. The quantitative estimate of drug-likeness (QED) is 0.860. The fraction of sp³-hybridized carbons (Fsp3) is 0.417. The molecule has 1 fully saturated rings. The number of alkyl halides is 1. The molecule has 1 aliphatic rings. The summed E-state index contributed by atoms with van der Waals surface area (Å²) in [4.78, 5) is 11.1. The predicted molar refractivity (Wildman–Crippen MR) is 54.5 cm³/mol. The molecule has 2 nitrogen and oxygen atoms in total. The first kappa shape index (κ1) is 11.0. The topological polar surface area (TPSA) is 37.3 Å². The van der Waals surface area contributed by atoms with E-state index in [0.717, 1.165) is 6.07 Å². The number of carboxylic acids is 1. The third kappa shape index (κ3) is 1.49. The summed E-state index contributed by atoms with van der Waals surface area (Å²) in [6, 6.07) is 4.10. The number of carboxylic acid groups (broad SMARTS) is 1. The van der Waals surface area contributed by atoms with E-state index in [1.807, 2.05) is 0 Å². The Bertz CT molecular complexity index is 437. The van der Waals surface area contributed by atoms with E-state index in [-0.39, 0.29) is 11.1 Å². The van der Waals surface area contributed by atoms with E-state index in [9.17, 15) is 13.6 Å². The van der Waals surface area contributed by atoms with Gasteiger partial charge in [-0.15, -0.1) is 0 Å². The number of carbonyl (C=O) groups is 1. The van der Waals surface area contributed by atoms with Crippen LogP contribution in [0.1, 0.15) is 37.1 Å². The Labute approximate surface area is 91.9 Å².